The molecule has 1 aliphatic rings. The van der Waals surface area contributed by atoms with Gasteiger partial charge in [-0.1, -0.05) is 26.7 Å². The zero-order valence-electron chi connectivity index (χ0n) is 11.5. The lowest BCUT2D eigenvalue weighted by Gasteiger charge is -2.42. The molecule has 1 aliphatic carbocycles. The molecule has 0 saturated heterocycles. The second-order valence-electron chi connectivity index (χ2n) is 5.65. The van der Waals surface area contributed by atoms with Gasteiger partial charge in [0.1, 0.15) is 5.54 Å². The molecule has 100 valence electrons. The summed E-state index contributed by atoms with van der Waals surface area (Å²) in [6.07, 6.45) is 7.20. The van der Waals surface area contributed by atoms with Crippen LogP contribution in [0.25, 0.3) is 0 Å². The molecule has 1 rings (SSSR count). The number of carboxylic acids is 1. The number of rotatable bonds is 6. The van der Waals surface area contributed by atoms with Crippen molar-refractivity contribution in [1.29, 1.82) is 0 Å². The van der Waals surface area contributed by atoms with E-state index in [1.165, 1.54) is 12.8 Å². The summed E-state index contributed by atoms with van der Waals surface area (Å²) in [5, 5.41) is 9.56. The van der Waals surface area contributed by atoms with Gasteiger partial charge in [-0.3, -0.25) is 9.69 Å². The van der Waals surface area contributed by atoms with E-state index < -0.39 is 11.5 Å². The Balaban J connectivity index is 2.61. The number of unbranched alkanes of at least 4 members (excludes halogenated alkanes) is 2. The maximum Gasteiger partial charge on any atom is 0.324 e. The number of nitrogens with zero attached hydrogens (tertiary/aromatic N) is 1. The average Bonchev–Trinajstić information content (AvgIpc) is 2.30. The Bertz CT molecular complexity index is 245. The molecule has 0 radical (unpaired) electrons. The van der Waals surface area contributed by atoms with Gasteiger partial charge in [-0.2, -0.15) is 0 Å². The van der Waals surface area contributed by atoms with Gasteiger partial charge in [-0.25, -0.2) is 0 Å². The Morgan fingerprint density at radius 1 is 1.35 bits per heavy atom. The molecule has 0 aliphatic heterocycles. The van der Waals surface area contributed by atoms with Gasteiger partial charge in [0.25, 0.3) is 0 Å². The summed E-state index contributed by atoms with van der Waals surface area (Å²) < 4.78 is 0. The summed E-state index contributed by atoms with van der Waals surface area (Å²) in [5.41, 5.74) is -0.583. The lowest BCUT2D eigenvalue weighted by molar-refractivity contribution is -0.153. The predicted molar refractivity (Wildman–Crippen MR) is 70.2 cm³/mol. The molecule has 0 aromatic carbocycles. The fraction of sp³-hybridized carbons (Fsp3) is 0.929. The van der Waals surface area contributed by atoms with Crippen LogP contribution in [0.1, 0.15) is 58.8 Å². The zero-order chi connectivity index (χ0) is 12.9. The summed E-state index contributed by atoms with van der Waals surface area (Å²) in [4.78, 5) is 13.7. The minimum absolute atomic E-state index is 0.583. The van der Waals surface area contributed by atoms with Crippen molar-refractivity contribution >= 4 is 5.97 Å². The lowest BCUT2D eigenvalue weighted by Crippen LogP contribution is -2.55. The maximum atomic E-state index is 11.6. The normalized spacial score (nSPS) is 29.5. The van der Waals surface area contributed by atoms with E-state index in [0.717, 1.165) is 38.6 Å². The van der Waals surface area contributed by atoms with E-state index in [1.54, 1.807) is 0 Å². The fourth-order valence-corrected chi connectivity index (χ4v) is 2.81. The summed E-state index contributed by atoms with van der Waals surface area (Å²) in [6.45, 7) is 5.31. The van der Waals surface area contributed by atoms with Gasteiger partial charge in [-0.05, 0) is 51.6 Å². The average molecular weight is 241 g/mol. The lowest BCUT2D eigenvalue weighted by atomic mass is 9.76. The van der Waals surface area contributed by atoms with Gasteiger partial charge >= 0.3 is 5.97 Å². The molecule has 3 nitrogen and oxygen atoms in total. The summed E-state index contributed by atoms with van der Waals surface area (Å²) >= 11 is 0. The van der Waals surface area contributed by atoms with E-state index in [4.69, 9.17) is 0 Å². The monoisotopic (exact) mass is 241 g/mol. The van der Waals surface area contributed by atoms with Crippen molar-refractivity contribution in [2.24, 2.45) is 5.92 Å². The summed E-state index contributed by atoms with van der Waals surface area (Å²) in [7, 11) is 1.99. The molecule has 17 heavy (non-hydrogen) atoms. The molecule has 1 N–H and O–H groups in total. The van der Waals surface area contributed by atoms with Crippen molar-refractivity contribution in [2.45, 2.75) is 64.3 Å². The first kappa shape index (κ1) is 14.5. The topological polar surface area (TPSA) is 40.5 Å². The molecule has 3 heteroatoms. The Morgan fingerprint density at radius 2 is 1.94 bits per heavy atom. The van der Waals surface area contributed by atoms with Crippen LogP contribution < -0.4 is 0 Å². The van der Waals surface area contributed by atoms with Gasteiger partial charge in [0.05, 0.1) is 0 Å². The number of aliphatic carboxylic acids is 1. The first-order valence-corrected chi connectivity index (χ1v) is 6.97. The minimum atomic E-state index is -0.622. The van der Waals surface area contributed by atoms with Crippen LogP contribution in [-0.2, 0) is 4.79 Å². The van der Waals surface area contributed by atoms with E-state index in [0.29, 0.717) is 5.92 Å². The highest BCUT2D eigenvalue weighted by molar-refractivity contribution is 5.78. The van der Waals surface area contributed by atoms with Crippen molar-refractivity contribution in [2.75, 3.05) is 13.6 Å². The van der Waals surface area contributed by atoms with Crippen molar-refractivity contribution in [3.05, 3.63) is 0 Å². The second-order valence-corrected chi connectivity index (χ2v) is 5.65. The SMILES string of the molecule is CCCCCN(C)C1(C(=O)O)CCC(C)CC1. The Kier molecular flexibility index (Phi) is 5.44. The quantitative estimate of drug-likeness (QED) is 0.726. The van der Waals surface area contributed by atoms with E-state index in [9.17, 15) is 9.90 Å². The van der Waals surface area contributed by atoms with Crippen LogP contribution in [0.15, 0.2) is 0 Å². The molecule has 0 atom stereocenters. The molecule has 0 spiro atoms. The van der Waals surface area contributed by atoms with E-state index in [-0.39, 0.29) is 0 Å². The van der Waals surface area contributed by atoms with Gasteiger partial charge in [-0.15, -0.1) is 0 Å². The number of hydrogen-bond acceptors (Lipinski definition) is 2. The van der Waals surface area contributed by atoms with E-state index >= 15 is 0 Å². The van der Waals surface area contributed by atoms with Crippen LogP contribution in [0.2, 0.25) is 0 Å². The highest BCUT2D eigenvalue weighted by Gasteiger charge is 2.44. The molecule has 0 unspecified atom stereocenters. The smallest absolute Gasteiger partial charge is 0.324 e. The summed E-state index contributed by atoms with van der Waals surface area (Å²) in [6, 6.07) is 0. The van der Waals surface area contributed by atoms with Gasteiger partial charge in [0, 0.05) is 0 Å². The number of hydrogen-bond donors (Lipinski definition) is 1. The van der Waals surface area contributed by atoms with Crippen molar-refractivity contribution < 1.29 is 9.90 Å². The zero-order valence-corrected chi connectivity index (χ0v) is 11.5. The summed E-state index contributed by atoms with van der Waals surface area (Å²) in [5.74, 6) is 0.0647. The molecular formula is C14H27NO2. The third-order valence-corrected chi connectivity index (χ3v) is 4.33. The molecule has 1 saturated carbocycles. The molecule has 1 fully saturated rings. The maximum absolute atomic E-state index is 11.6. The van der Waals surface area contributed by atoms with Crippen LogP contribution >= 0.6 is 0 Å². The second kappa shape index (κ2) is 6.39. The van der Waals surface area contributed by atoms with E-state index in [1.807, 2.05) is 7.05 Å². The molecule has 0 amide bonds. The van der Waals surface area contributed by atoms with Crippen molar-refractivity contribution in [1.82, 2.24) is 4.90 Å². The van der Waals surface area contributed by atoms with Crippen LogP contribution in [0.5, 0.6) is 0 Å². The van der Waals surface area contributed by atoms with Crippen LogP contribution in [-0.4, -0.2) is 35.1 Å². The van der Waals surface area contributed by atoms with Gasteiger partial charge in [0.2, 0.25) is 0 Å². The minimum Gasteiger partial charge on any atom is -0.480 e. The largest absolute Gasteiger partial charge is 0.480 e. The Morgan fingerprint density at radius 3 is 2.41 bits per heavy atom. The van der Waals surface area contributed by atoms with Crippen molar-refractivity contribution in [3.63, 3.8) is 0 Å². The molecule has 0 aromatic rings. The van der Waals surface area contributed by atoms with Crippen LogP contribution in [0.3, 0.4) is 0 Å². The van der Waals surface area contributed by atoms with E-state index in [2.05, 4.69) is 18.7 Å². The molecule has 0 heterocycles. The molecular weight excluding hydrogens is 214 g/mol. The fourth-order valence-electron chi connectivity index (χ4n) is 2.81. The first-order valence-electron chi connectivity index (χ1n) is 6.97. The Labute approximate surface area is 105 Å². The number of carbonyl (C=O) groups is 1. The van der Waals surface area contributed by atoms with Crippen LogP contribution in [0, 0.1) is 5.92 Å². The standard InChI is InChI=1S/C14H27NO2/c1-4-5-6-11-15(3)14(13(16)17)9-7-12(2)8-10-14/h12H,4-11H2,1-3H3,(H,16,17). The first-order chi connectivity index (χ1) is 8.03. The highest BCUT2D eigenvalue weighted by Crippen LogP contribution is 2.36. The predicted octanol–water partition coefficient (Wildman–Crippen LogP) is 3.14. The Hall–Kier alpha value is -0.570. The highest BCUT2D eigenvalue weighted by atomic mass is 16.4. The van der Waals surface area contributed by atoms with Gasteiger partial charge in [0.15, 0.2) is 0 Å². The number of carboxylic acid groups (broad SMARTS) is 1. The number of likely N-dealkylation sites (N-methyl/N-ethyl adjacent to an activating group) is 1. The molecule has 0 aromatic heterocycles. The van der Waals surface area contributed by atoms with Crippen LogP contribution in [0.4, 0.5) is 0 Å². The third kappa shape index (κ3) is 3.44. The van der Waals surface area contributed by atoms with Crippen molar-refractivity contribution in [3.8, 4) is 0 Å². The third-order valence-electron chi connectivity index (χ3n) is 4.33. The molecule has 0 bridgehead atoms. The van der Waals surface area contributed by atoms with Gasteiger partial charge < -0.3 is 5.11 Å².